The van der Waals surface area contributed by atoms with Gasteiger partial charge in [-0.25, -0.2) is 0 Å². The molecule has 21 heavy (non-hydrogen) atoms. The number of aliphatic hydroxyl groups is 1. The molecule has 2 N–H and O–H groups in total. The van der Waals surface area contributed by atoms with Gasteiger partial charge in [0.15, 0.2) is 0 Å². The Morgan fingerprint density at radius 3 is 2.48 bits per heavy atom. The summed E-state index contributed by atoms with van der Waals surface area (Å²) in [5.74, 6) is 0.776. The summed E-state index contributed by atoms with van der Waals surface area (Å²) >= 11 is 5.84. The zero-order chi connectivity index (χ0) is 14.9. The molecule has 2 aromatic carbocycles. The van der Waals surface area contributed by atoms with Crippen LogP contribution in [0.4, 0.5) is 0 Å². The van der Waals surface area contributed by atoms with Crippen molar-refractivity contribution < 1.29 is 9.84 Å². The number of ether oxygens (including phenoxy) is 1. The molecule has 0 amide bonds. The van der Waals surface area contributed by atoms with Gasteiger partial charge in [-0.05, 0) is 42.8 Å². The van der Waals surface area contributed by atoms with E-state index in [4.69, 9.17) is 16.3 Å². The molecule has 112 valence electrons. The molecule has 0 aliphatic carbocycles. The van der Waals surface area contributed by atoms with Crippen molar-refractivity contribution in [1.82, 2.24) is 5.32 Å². The van der Waals surface area contributed by atoms with Gasteiger partial charge in [0.2, 0.25) is 0 Å². The molecule has 4 heteroatoms. The van der Waals surface area contributed by atoms with Gasteiger partial charge in [-0.15, -0.1) is 0 Å². The lowest BCUT2D eigenvalue weighted by Gasteiger charge is -2.13. The van der Waals surface area contributed by atoms with Gasteiger partial charge in [-0.1, -0.05) is 41.9 Å². The highest BCUT2D eigenvalue weighted by Crippen LogP contribution is 2.10. The summed E-state index contributed by atoms with van der Waals surface area (Å²) in [6.45, 7) is 1.61. The molecule has 1 unspecified atom stereocenters. The largest absolute Gasteiger partial charge is 0.491 e. The Balaban J connectivity index is 1.59. The second-order valence-corrected chi connectivity index (χ2v) is 5.29. The van der Waals surface area contributed by atoms with E-state index in [1.807, 2.05) is 54.6 Å². The Bertz CT molecular complexity index is 516. The Labute approximate surface area is 130 Å². The van der Waals surface area contributed by atoms with E-state index in [2.05, 4.69) is 5.32 Å². The van der Waals surface area contributed by atoms with Gasteiger partial charge in [0.25, 0.3) is 0 Å². The van der Waals surface area contributed by atoms with Crippen LogP contribution < -0.4 is 10.1 Å². The van der Waals surface area contributed by atoms with Crippen LogP contribution in [0.25, 0.3) is 0 Å². The number of rotatable bonds is 8. The fourth-order valence-electron chi connectivity index (χ4n) is 1.92. The monoisotopic (exact) mass is 305 g/mol. The van der Waals surface area contributed by atoms with E-state index in [1.165, 1.54) is 5.56 Å². The molecule has 0 aliphatic heterocycles. The first-order valence-electron chi connectivity index (χ1n) is 7.05. The van der Waals surface area contributed by atoms with E-state index in [0.717, 1.165) is 23.7 Å². The van der Waals surface area contributed by atoms with Crippen molar-refractivity contribution in [3.63, 3.8) is 0 Å². The normalized spacial score (nSPS) is 12.1. The third-order valence-electron chi connectivity index (χ3n) is 3.07. The van der Waals surface area contributed by atoms with Crippen LogP contribution in [0.2, 0.25) is 5.02 Å². The van der Waals surface area contributed by atoms with Gasteiger partial charge < -0.3 is 15.2 Å². The van der Waals surface area contributed by atoms with Crippen molar-refractivity contribution in [2.75, 3.05) is 19.7 Å². The average molecular weight is 306 g/mol. The highest BCUT2D eigenvalue weighted by molar-refractivity contribution is 6.30. The van der Waals surface area contributed by atoms with Crippen molar-refractivity contribution in [3.8, 4) is 5.75 Å². The molecule has 3 nitrogen and oxygen atoms in total. The number of halogens is 1. The summed E-state index contributed by atoms with van der Waals surface area (Å²) in [7, 11) is 0. The van der Waals surface area contributed by atoms with Crippen molar-refractivity contribution in [3.05, 3.63) is 65.2 Å². The van der Waals surface area contributed by atoms with Crippen LogP contribution in [0, 0.1) is 0 Å². The zero-order valence-corrected chi connectivity index (χ0v) is 12.6. The van der Waals surface area contributed by atoms with Crippen LogP contribution in [-0.2, 0) is 6.42 Å². The maximum absolute atomic E-state index is 9.84. The first-order chi connectivity index (χ1) is 10.2. The van der Waals surface area contributed by atoms with Crippen LogP contribution in [-0.4, -0.2) is 30.9 Å². The highest BCUT2D eigenvalue weighted by atomic mass is 35.5. The van der Waals surface area contributed by atoms with Crippen molar-refractivity contribution in [1.29, 1.82) is 0 Å². The lowest BCUT2D eigenvalue weighted by Crippen LogP contribution is -2.32. The van der Waals surface area contributed by atoms with Crippen LogP contribution >= 0.6 is 11.6 Å². The van der Waals surface area contributed by atoms with Crippen molar-refractivity contribution >= 4 is 11.6 Å². The molecule has 2 rings (SSSR count). The van der Waals surface area contributed by atoms with E-state index < -0.39 is 6.10 Å². The molecule has 0 radical (unpaired) electrons. The molecule has 0 aliphatic rings. The fraction of sp³-hybridized carbons (Fsp3) is 0.294. The maximum atomic E-state index is 9.84. The summed E-state index contributed by atoms with van der Waals surface area (Å²) in [6.07, 6.45) is 0.388. The van der Waals surface area contributed by atoms with Gasteiger partial charge in [0.1, 0.15) is 18.5 Å². The lowest BCUT2D eigenvalue weighted by atomic mass is 10.1. The van der Waals surface area contributed by atoms with E-state index in [-0.39, 0.29) is 6.61 Å². The topological polar surface area (TPSA) is 41.5 Å². The predicted molar refractivity (Wildman–Crippen MR) is 86.0 cm³/mol. The summed E-state index contributed by atoms with van der Waals surface area (Å²) in [5, 5.41) is 13.8. The molecule has 2 aromatic rings. The predicted octanol–water partition coefficient (Wildman–Crippen LogP) is 2.91. The smallest absolute Gasteiger partial charge is 0.119 e. The summed E-state index contributed by atoms with van der Waals surface area (Å²) < 4.78 is 5.49. The molecular weight excluding hydrogens is 286 g/mol. The van der Waals surface area contributed by atoms with Gasteiger partial charge in [-0.2, -0.15) is 0 Å². The summed E-state index contributed by atoms with van der Waals surface area (Å²) in [5.41, 5.74) is 1.22. The number of hydrogen-bond acceptors (Lipinski definition) is 3. The molecule has 0 bridgehead atoms. The number of hydrogen-bond donors (Lipinski definition) is 2. The Morgan fingerprint density at radius 2 is 1.76 bits per heavy atom. The van der Waals surface area contributed by atoms with E-state index in [9.17, 15) is 5.11 Å². The van der Waals surface area contributed by atoms with Crippen LogP contribution in [0.15, 0.2) is 54.6 Å². The number of benzene rings is 2. The van der Waals surface area contributed by atoms with Crippen molar-refractivity contribution in [2.45, 2.75) is 12.5 Å². The minimum absolute atomic E-state index is 0.290. The van der Waals surface area contributed by atoms with Crippen LogP contribution in [0.1, 0.15) is 5.56 Å². The SMILES string of the molecule is OC(CNCCc1ccc(Cl)cc1)COc1ccccc1. The summed E-state index contributed by atoms with van der Waals surface area (Å²) in [6, 6.07) is 17.3. The van der Waals surface area contributed by atoms with Crippen molar-refractivity contribution in [2.24, 2.45) is 0 Å². The van der Waals surface area contributed by atoms with Gasteiger partial charge in [-0.3, -0.25) is 0 Å². The quantitative estimate of drug-likeness (QED) is 0.737. The molecule has 0 heterocycles. The minimum Gasteiger partial charge on any atom is -0.491 e. The molecule has 0 aromatic heterocycles. The molecule has 0 spiro atoms. The lowest BCUT2D eigenvalue weighted by molar-refractivity contribution is 0.106. The van der Waals surface area contributed by atoms with Crippen LogP contribution in [0.5, 0.6) is 5.75 Å². The first kappa shape index (κ1) is 15.8. The van der Waals surface area contributed by atoms with Gasteiger partial charge in [0.05, 0.1) is 0 Å². The molecule has 0 saturated heterocycles. The second kappa shape index (κ2) is 8.67. The second-order valence-electron chi connectivity index (χ2n) is 4.86. The fourth-order valence-corrected chi connectivity index (χ4v) is 2.05. The molecule has 1 atom stereocenters. The van der Waals surface area contributed by atoms with Crippen LogP contribution in [0.3, 0.4) is 0 Å². The Hall–Kier alpha value is -1.55. The standard InChI is InChI=1S/C17H20ClNO2/c18-15-8-6-14(7-9-15)10-11-19-12-16(20)13-21-17-4-2-1-3-5-17/h1-9,16,19-20H,10-13H2. The number of aliphatic hydroxyl groups excluding tert-OH is 1. The maximum Gasteiger partial charge on any atom is 0.119 e. The Morgan fingerprint density at radius 1 is 1.05 bits per heavy atom. The molecule has 0 saturated carbocycles. The first-order valence-corrected chi connectivity index (χ1v) is 7.43. The third-order valence-corrected chi connectivity index (χ3v) is 3.32. The highest BCUT2D eigenvalue weighted by Gasteiger charge is 2.04. The zero-order valence-electron chi connectivity index (χ0n) is 11.8. The number of nitrogens with one attached hydrogen (secondary N) is 1. The van der Waals surface area contributed by atoms with E-state index in [0.29, 0.717) is 6.54 Å². The Kier molecular flexibility index (Phi) is 6.54. The average Bonchev–Trinajstić information content (AvgIpc) is 2.52. The van der Waals surface area contributed by atoms with E-state index >= 15 is 0 Å². The number of para-hydroxylation sites is 1. The van der Waals surface area contributed by atoms with Gasteiger partial charge in [0, 0.05) is 11.6 Å². The third kappa shape index (κ3) is 6.17. The summed E-state index contributed by atoms with van der Waals surface area (Å²) in [4.78, 5) is 0. The molecular formula is C17H20ClNO2. The molecule has 0 fully saturated rings. The van der Waals surface area contributed by atoms with E-state index in [1.54, 1.807) is 0 Å². The van der Waals surface area contributed by atoms with Gasteiger partial charge >= 0.3 is 0 Å². The minimum atomic E-state index is -0.518.